The number of carbonyl (C=O) groups is 1. The molecule has 1 saturated heterocycles. The predicted octanol–water partition coefficient (Wildman–Crippen LogP) is 4.52. The summed E-state index contributed by atoms with van der Waals surface area (Å²) in [6.45, 7) is 6.81. The average molecular weight is 450 g/mol. The third-order valence-corrected chi connectivity index (χ3v) is 6.58. The number of amides is 1. The number of aryl methyl sites for hydroxylation is 2. The largest absolute Gasteiger partial charge is 0.354 e. The van der Waals surface area contributed by atoms with Crippen molar-refractivity contribution < 1.29 is 4.79 Å². The van der Waals surface area contributed by atoms with E-state index in [0.717, 1.165) is 63.5 Å². The van der Waals surface area contributed by atoms with Gasteiger partial charge in [0.1, 0.15) is 5.82 Å². The Morgan fingerprint density at radius 2 is 1.88 bits per heavy atom. The minimum absolute atomic E-state index is 0.0544. The van der Waals surface area contributed by atoms with Gasteiger partial charge in [-0.3, -0.25) is 9.69 Å². The predicted molar refractivity (Wildman–Crippen MR) is 131 cm³/mol. The number of anilines is 2. The summed E-state index contributed by atoms with van der Waals surface area (Å²) in [5, 5.41) is 5.73. The Balaban J connectivity index is 1.15. The van der Waals surface area contributed by atoms with E-state index >= 15 is 0 Å². The second-order valence-corrected chi connectivity index (χ2v) is 9.19. The molecule has 0 radical (unpaired) electrons. The zero-order chi connectivity index (χ0) is 22.2. The van der Waals surface area contributed by atoms with E-state index in [1.54, 1.807) is 0 Å². The number of carbonyl (C=O) groups excluding carboxylic acids is 1. The number of nitrogens with one attached hydrogen (secondary N) is 1. The summed E-state index contributed by atoms with van der Waals surface area (Å²) < 4.78 is 0. The summed E-state index contributed by atoms with van der Waals surface area (Å²) in [4.78, 5) is 26.1. The molecule has 7 heteroatoms. The summed E-state index contributed by atoms with van der Waals surface area (Å²) in [6.07, 6.45) is 5.30. The smallest absolute Gasteiger partial charge is 0.226 e. The summed E-state index contributed by atoms with van der Waals surface area (Å²) in [5.41, 5.74) is 3.64. The van der Waals surface area contributed by atoms with Gasteiger partial charge in [0.2, 0.25) is 5.91 Å². The van der Waals surface area contributed by atoms with E-state index in [0.29, 0.717) is 11.6 Å². The molecule has 1 fully saturated rings. The molecule has 0 aliphatic carbocycles. The van der Waals surface area contributed by atoms with Crippen LogP contribution in [0.4, 0.5) is 10.9 Å². The normalized spacial score (nSPS) is 14.5. The lowest BCUT2D eigenvalue weighted by atomic mass is 10.1. The Morgan fingerprint density at radius 3 is 2.62 bits per heavy atom. The van der Waals surface area contributed by atoms with Gasteiger partial charge in [-0.05, 0) is 43.9 Å². The second kappa shape index (κ2) is 11.2. The molecule has 32 heavy (non-hydrogen) atoms. The average Bonchev–Trinajstić information content (AvgIpc) is 3.25. The van der Waals surface area contributed by atoms with Gasteiger partial charge in [0.05, 0.1) is 5.69 Å². The molecule has 1 N–H and O–H groups in total. The molecule has 6 nitrogen and oxygen atoms in total. The molecule has 4 rings (SSSR count). The van der Waals surface area contributed by atoms with Crippen LogP contribution in [0.15, 0.2) is 54.0 Å². The number of hydrogen-bond acceptors (Lipinski definition) is 6. The minimum Gasteiger partial charge on any atom is -0.354 e. The SMILES string of the molecule is Cc1ccc(CCCCC(=O)Nc2nc(CN3CCN(c4ccccn4)CC3)cs2)cc1. The van der Waals surface area contributed by atoms with Gasteiger partial charge in [-0.1, -0.05) is 35.9 Å². The maximum absolute atomic E-state index is 12.3. The van der Waals surface area contributed by atoms with E-state index in [1.165, 1.54) is 22.5 Å². The van der Waals surface area contributed by atoms with Gasteiger partial charge < -0.3 is 10.2 Å². The number of unbranched alkanes of at least 4 members (excludes halogenated alkanes) is 1. The third kappa shape index (κ3) is 6.61. The molecular weight excluding hydrogens is 418 g/mol. The van der Waals surface area contributed by atoms with Crippen molar-refractivity contribution in [2.24, 2.45) is 0 Å². The lowest BCUT2D eigenvalue weighted by Gasteiger charge is -2.35. The van der Waals surface area contributed by atoms with Crippen molar-refractivity contribution in [3.05, 3.63) is 70.9 Å². The number of benzene rings is 1. The molecule has 0 saturated carbocycles. The fourth-order valence-corrected chi connectivity index (χ4v) is 4.61. The van der Waals surface area contributed by atoms with Crippen molar-refractivity contribution >= 4 is 28.2 Å². The number of rotatable bonds is 9. The van der Waals surface area contributed by atoms with Crippen LogP contribution in [-0.4, -0.2) is 47.0 Å². The monoisotopic (exact) mass is 449 g/mol. The number of thiazole rings is 1. The van der Waals surface area contributed by atoms with Crippen LogP contribution in [0.2, 0.25) is 0 Å². The quantitative estimate of drug-likeness (QED) is 0.487. The Morgan fingerprint density at radius 1 is 1.06 bits per heavy atom. The first-order chi connectivity index (χ1) is 15.7. The van der Waals surface area contributed by atoms with Gasteiger partial charge in [0, 0.05) is 50.7 Å². The van der Waals surface area contributed by atoms with Crippen molar-refractivity contribution in [2.75, 3.05) is 36.4 Å². The van der Waals surface area contributed by atoms with Crippen LogP contribution in [0, 0.1) is 6.92 Å². The number of piperazine rings is 1. The van der Waals surface area contributed by atoms with E-state index in [2.05, 4.69) is 67.7 Å². The topological polar surface area (TPSA) is 61.4 Å². The van der Waals surface area contributed by atoms with Crippen molar-refractivity contribution in [3.8, 4) is 0 Å². The van der Waals surface area contributed by atoms with E-state index in [1.807, 2.05) is 18.3 Å². The fraction of sp³-hybridized carbons (Fsp3) is 0.400. The molecule has 1 amide bonds. The van der Waals surface area contributed by atoms with E-state index in [9.17, 15) is 4.79 Å². The van der Waals surface area contributed by atoms with Crippen LogP contribution in [0.25, 0.3) is 0 Å². The Hall–Kier alpha value is -2.77. The highest BCUT2D eigenvalue weighted by Gasteiger charge is 2.19. The van der Waals surface area contributed by atoms with Crippen LogP contribution < -0.4 is 10.2 Å². The van der Waals surface area contributed by atoms with E-state index < -0.39 is 0 Å². The maximum Gasteiger partial charge on any atom is 0.226 e. The molecular formula is C25H31N5OS. The van der Waals surface area contributed by atoms with Crippen molar-refractivity contribution in [1.29, 1.82) is 0 Å². The molecule has 3 aromatic rings. The first-order valence-electron chi connectivity index (χ1n) is 11.3. The highest BCUT2D eigenvalue weighted by molar-refractivity contribution is 7.13. The zero-order valence-corrected chi connectivity index (χ0v) is 19.5. The van der Waals surface area contributed by atoms with Crippen LogP contribution in [0.3, 0.4) is 0 Å². The molecule has 168 valence electrons. The van der Waals surface area contributed by atoms with Crippen molar-refractivity contribution in [1.82, 2.24) is 14.9 Å². The second-order valence-electron chi connectivity index (χ2n) is 8.34. The lowest BCUT2D eigenvalue weighted by molar-refractivity contribution is -0.116. The zero-order valence-electron chi connectivity index (χ0n) is 18.7. The molecule has 0 atom stereocenters. The Kier molecular flexibility index (Phi) is 7.85. The van der Waals surface area contributed by atoms with Crippen molar-refractivity contribution in [2.45, 2.75) is 39.2 Å². The number of nitrogens with zero attached hydrogens (tertiary/aromatic N) is 4. The molecule has 1 aromatic carbocycles. The molecule has 0 unspecified atom stereocenters. The van der Waals surface area contributed by atoms with Crippen LogP contribution >= 0.6 is 11.3 Å². The standard InChI is InChI=1S/C25H31N5OS/c1-20-9-11-21(12-10-20)6-2-3-8-24(31)28-25-27-22(19-32-25)18-29-14-16-30(17-15-29)23-7-4-5-13-26-23/h4-5,7,9-13,19H,2-3,6,8,14-18H2,1H3,(H,27,28,31). The van der Waals surface area contributed by atoms with Crippen LogP contribution in [0.1, 0.15) is 36.1 Å². The van der Waals surface area contributed by atoms with Crippen LogP contribution in [0.5, 0.6) is 0 Å². The van der Waals surface area contributed by atoms with Gasteiger partial charge in [-0.15, -0.1) is 11.3 Å². The van der Waals surface area contributed by atoms with E-state index in [4.69, 9.17) is 0 Å². The van der Waals surface area contributed by atoms with Gasteiger partial charge in [-0.25, -0.2) is 9.97 Å². The highest BCUT2D eigenvalue weighted by atomic mass is 32.1. The van der Waals surface area contributed by atoms with Crippen molar-refractivity contribution in [3.63, 3.8) is 0 Å². The highest BCUT2D eigenvalue weighted by Crippen LogP contribution is 2.19. The molecule has 1 aliphatic rings. The van der Waals surface area contributed by atoms with E-state index in [-0.39, 0.29) is 5.91 Å². The first kappa shape index (κ1) is 22.4. The molecule has 3 heterocycles. The summed E-state index contributed by atoms with van der Waals surface area (Å²) in [6, 6.07) is 14.7. The van der Waals surface area contributed by atoms with Crippen LogP contribution in [-0.2, 0) is 17.8 Å². The first-order valence-corrected chi connectivity index (χ1v) is 12.2. The van der Waals surface area contributed by atoms with Gasteiger partial charge in [0.15, 0.2) is 5.13 Å². The Bertz CT molecular complexity index is 981. The maximum atomic E-state index is 12.3. The fourth-order valence-electron chi connectivity index (χ4n) is 3.89. The number of pyridine rings is 1. The molecule has 2 aromatic heterocycles. The summed E-state index contributed by atoms with van der Waals surface area (Å²) >= 11 is 1.51. The number of aromatic nitrogens is 2. The number of hydrogen-bond donors (Lipinski definition) is 1. The molecule has 1 aliphatic heterocycles. The third-order valence-electron chi connectivity index (χ3n) is 5.77. The van der Waals surface area contributed by atoms with Gasteiger partial charge in [-0.2, -0.15) is 0 Å². The summed E-state index contributed by atoms with van der Waals surface area (Å²) in [5.74, 6) is 1.10. The Labute approximate surface area is 194 Å². The molecule has 0 spiro atoms. The lowest BCUT2D eigenvalue weighted by Crippen LogP contribution is -2.46. The molecule has 0 bridgehead atoms. The van der Waals surface area contributed by atoms with Gasteiger partial charge >= 0.3 is 0 Å². The summed E-state index contributed by atoms with van der Waals surface area (Å²) in [7, 11) is 0. The minimum atomic E-state index is 0.0544. The van der Waals surface area contributed by atoms with Gasteiger partial charge in [0.25, 0.3) is 0 Å².